The summed E-state index contributed by atoms with van der Waals surface area (Å²) < 4.78 is 17.9. The molecular weight excluding hydrogens is 339 g/mol. The van der Waals surface area contributed by atoms with Crippen molar-refractivity contribution in [1.82, 2.24) is 0 Å². The van der Waals surface area contributed by atoms with Gasteiger partial charge in [0.25, 0.3) is 5.69 Å². The van der Waals surface area contributed by atoms with E-state index in [1.807, 2.05) is 0 Å². The SMILES string of the molecule is NC(=O)c1ccc(SCC(=O)Oc2cccc(F)c2)c([N+](=O)[O-])c1. The van der Waals surface area contributed by atoms with Crippen molar-refractivity contribution in [2.45, 2.75) is 4.90 Å². The van der Waals surface area contributed by atoms with E-state index in [0.29, 0.717) is 0 Å². The van der Waals surface area contributed by atoms with Gasteiger partial charge in [-0.25, -0.2) is 4.39 Å². The second-order valence-corrected chi connectivity index (χ2v) is 5.54. The van der Waals surface area contributed by atoms with Gasteiger partial charge >= 0.3 is 5.97 Å². The average molecular weight is 350 g/mol. The molecule has 2 rings (SSSR count). The number of primary amides is 1. The number of thioether (sulfide) groups is 1. The fourth-order valence-corrected chi connectivity index (χ4v) is 2.54. The molecule has 0 spiro atoms. The predicted octanol–water partition coefficient (Wildman–Crippen LogP) is 2.53. The van der Waals surface area contributed by atoms with Crippen LogP contribution >= 0.6 is 11.8 Å². The number of nitrogens with two attached hydrogens (primary N) is 1. The second-order valence-electron chi connectivity index (χ2n) is 4.52. The summed E-state index contributed by atoms with van der Waals surface area (Å²) in [7, 11) is 0. The molecule has 9 heteroatoms. The Labute approximate surface area is 139 Å². The number of halogens is 1. The number of rotatable bonds is 6. The van der Waals surface area contributed by atoms with Gasteiger partial charge in [-0.3, -0.25) is 19.7 Å². The van der Waals surface area contributed by atoms with E-state index in [4.69, 9.17) is 10.5 Å². The van der Waals surface area contributed by atoms with Crippen molar-refractivity contribution in [3.05, 3.63) is 64.0 Å². The van der Waals surface area contributed by atoms with Crippen molar-refractivity contribution in [1.29, 1.82) is 0 Å². The number of hydrogen-bond donors (Lipinski definition) is 1. The minimum atomic E-state index is -0.792. The lowest BCUT2D eigenvalue weighted by atomic mass is 10.2. The third kappa shape index (κ3) is 4.53. The molecule has 0 saturated carbocycles. The van der Waals surface area contributed by atoms with Gasteiger partial charge in [0.2, 0.25) is 5.91 Å². The van der Waals surface area contributed by atoms with E-state index in [2.05, 4.69) is 0 Å². The molecule has 1 amide bonds. The molecule has 0 fully saturated rings. The summed E-state index contributed by atoms with van der Waals surface area (Å²) in [5, 5.41) is 11.1. The summed E-state index contributed by atoms with van der Waals surface area (Å²) in [5.41, 5.74) is 4.74. The number of nitro benzene ring substituents is 1. The van der Waals surface area contributed by atoms with Crippen LogP contribution in [0.1, 0.15) is 10.4 Å². The Morgan fingerprint density at radius 1 is 1.25 bits per heavy atom. The molecule has 2 aromatic carbocycles. The van der Waals surface area contributed by atoms with Gasteiger partial charge in [0.05, 0.1) is 15.6 Å². The fraction of sp³-hybridized carbons (Fsp3) is 0.0667. The van der Waals surface area contributed by atoms with E-state index in [0.717, 1.165) is 23.9 Å². The number of benzene rings is 2. The maximum atomic E-state index is 13.0. The Morgan fingerprint density at radius 2 is 2.00 bits per heavy atom. The first-order valence-corrected chi connectivity index (χ1v) is 7.52. The van der Waals surface area contributed by atoms with Gasteiger partial charge in [-0.2, -0.15) is 0 Å². The summed E-state index contributed by atoms with van der Waals surface area (Å²) in [6, 6.07) is 8.76. The normalized spacial score (nSPS) is 10.2. The monoisotopic (exact) mass is 350 g/mol. The fourth-order valence-electron chi connectivity index (χ4n) is 1.76. The smallest absolute Gasteiger partial charge is 0.321 e. The molecule has 24 heavy (non-hydrogen) atoms. The van der Waals surface area contributed by atoms with Crippen molar-refractivity contribution in [3.63, 3.8) is 0 Å². The highest BCUT2D eigenvalue weighted by atomic mass is 32.2. The highest BCUT2D eigenvalue weighted by molar-refractivity contribution is 8.00. The van der Waals surface area contributed by atoms with E-state index in [1.54, 1.807) is 0 Å². The molecule has 0 saturated heterocycles. The Hall–Kier alpha value is -2.94. The molecule has 0 heterocycles. The lowest BCUT2D eigenvalue weighted by molar-refractivity contribution is -0.387. The molecule has 0 aromatic heterocycles. The van der Waals surface area contributed by atoms with E-state index in [-0.39, 0.29) is 27.6 Å². The van der Waals surface area contributed by atoms with Crippen molar-refractivity contribution >= 4 is 29.3 Å². The number of ether oxygens (including phenoxy) is 1. The Bertz CT molecular complexity index is 812. The minimum absolute atomic E-state index is 0.00612. The summed E-state index contributed by atoms with van der Waals surface area (Å²) in [6.45, 7) is 0. The number of carbonyl (C=O) groups is 2. The summed E-state index contributed by atoms with van der Waals surface area (Å²) in [6.07, 6.45) is 0. The van der Waals surface area contributed by atoms with E-state index >= 15 is 0 Å². The molecule has 2 aromatic rings. The molecule has 0 bridgehead atoms. The van der Waals surface area contributed by atoms with Crippen LogP contribution in [-0.2, 0) is 4.79 Å². The van der Waals surface area contributed by atoms with Gasteiger partial charge in [0, 0.05) is 17.7 Å². The molecule has 0 atom stereocenters. The third-order valence-electron chi connectivity index (χ3n) is 2.81. The molecule has 0 aliphatic carbocycles. The average Bonchev–Trinajstić information content (AvgIpc) is 2.52. The maximum Gasteiger partial charge on any atom is 0.321 e. The third-order valence-corrected chi connectivity index (χ3v) is 3.85. The molecule has 7 nitrogen and oxygen atoms in total. The number of nitrogens with zero attached hydrogens (tertiary/aromatic N) is 1. The predicted molar refractivity (Wildman–Crippen MR) is 84.4 cm³/mol. The van der Waals surface area contributed by atoms with Crippen LogP contribution in [0.2, 0.25) is 0 Å². The topological polar surface area (TPSA) is 113 Å². The zero-order valence-electron chi connectivity index (χ0n) is 12.1. The summed E-state index contributed by atoms with van der Waals surface area (Å²) in [5.74, 6) is -2.23. The van der Waals surface area contributed by atoms with Crippen molar-refractivity contribution in [2.75, 3.05) is 5.75 Å². The number of carbonyl (C=O) groups excluding carboxylic acids is 2. The largest absolute Gasteiger partial charge is 0.426 e. The molecule has 0 radical (unpaired) electrons. The number of hydrogen-bond acceptors (Lipinski definition) is 6. The quantitative estimate of drug-likeness (QED) is 0.282. The Balaban J connectivity index is 2.07. The van der Waals surface area contributed by atoms with Crippen molar-refractivity contribution < 1.29 is 23.6 Å². The van der Waals surface area contributed by atoms with Gasteiger partial charge in [-0.15, -0.1) is 11.8 Å². The Morgan fingerprint density at radius 3 is 2.62 bits per heavy atom. The van der Waals surface area contributed by atoms with Crippen LogP contribution in [0.5, 0.6) is 5.75 Å². The van der Waals surface area contributed by atoms with Gasteiger partial charge in [0.15, 0.2) is 0 Å². The summed E-state index contributed by atoms with van der Waals surface area (Å²) >= 11 is 0.865. The van der Waals surface area contributed by atoms with Crippen LogP contribution in [0.25, 0.3) is 0 Å². The number of nitro groups is 1. The Kier molecular flexibility index (Phi) is 5.48. The number of amides is 1. The van der Waals surface area contributed by atoms with Crippen molar-refractivity contribution in [3.8, 4) is 5.75 Å². The first-order chi connectivity index (χ1) is 11.4. The first-order valence-electron chi connectivity index (χ1n) is 6.54. The highest BCUT2D eigenvalue weighted by Gasteiger charge is 2.18. The van der Waals surface area contributed by atoms with Crippen LogP contribution in [0, 0.1) is 15.9 Å². The minimum Gasteiger partial charge on any atom is -0.426 e. The standard InChI is InChI=1S/C15H11FN2O5S/c16-10-2-1-3-11(7-10)23-14(19)8-24-13-5-4-9(15(17)20)6-12(13)18(21)22/h1-7H,8H2,(H2,17,20). The lowest BCUT2D eigenvalue weighted by Gasteiger charge is -2.06. The zero-order chi connectivity index (χ0) is 17.7. The van der Waals surface area contributed by atoms with Crippen LogP contribution in [0.15, 0.2) is 47.4 Å². The van der Waals surface area contributed by atoms with Crippen molar-refractivity contribution in [2.24, 2.45) is 5.73 Å². The number of esters is 1. The first kappa shape index (κ1) is 17.4. The van der Waals surface area contributed by atoms with E-state index in [1.165, 1.54) is 30.3 Å². The van der Waals surface area contributed by atoms with E-state index < -0.39 is 22.6 Å². The van der Waals surface area contributed by atoms with Crippen LogP contribution in [0.4, 0.5) is 10.1 Å². The van der Waals surface area contributed by atoms with Gasteiger partial charge in [-0.1, -0.05) is 6.07 Å². The van der Waals surface area contributed by atoms with Gasteiger partial charge in [0.1, 0.15) is 11.6 Å². The zero-order valence-corrected chi connectivity index (χ0v) is 12.9. The maximum absolute atomic E-state index is 13.0. The molecular formula is C15H11FN2O5S. The van der Waals surface area contributed by atoms with Crippen LogP contribution in [0.3, 0.4) is 0 Å². The van der Waals surface area contributed by atoms with Crippen LogP contribution < -0.4 is 10.5 Å². The molecule has 124 valence electrons. The van der Waals surface area contributed by atoms with Gasteiger partial charge < -0.3 is 10.5 Å². The molecule has 0 aliphatic heterocycles. The lowest BCUT2D eigenvalue weighted by Crippen LogP contribution is -2.12. The van der Waals surface area contributed by atoms with E-state index in [9.17, 15) is 24.1 Å². The second kappa shape index (κ2) is 7.55. The molecule has 2 N–H and O–H groups in total. The van der Waals surface area contributed by atoms with Crippen LogP contribution in [-0.4, -0.2) is 22.6 Å². The van der Waals surface area contributed by atoms with Gasteiger partial charge in [-0.05, 0) is 24.3 Å². The highest BCUT2D eigenvalue weighted by Crippen LogP contribution is 2.30. The molecule has 0 aliphatic rings. The molecule has 0 unspecified atom stereocenters. The summed E-state index contributed by atoms with van der Waals surface area (Å²) in [4.78, 5) is 33.4.